The first-order valence-electron chi connectivity index (χ1n) is 10.7. The third-order valence-electron chi connectivity index (χ3n) is 5.05. The SMILES string of the molecule is CCOC(=O)N1CCC(NC(=O)CCCNC(=O)c2ccc(C)c(NS(C)(=O)=O)c2)CC1. The Morgan fingerprint density at radius 2 is 1.88 bits per heavy atom. The number of rotatable bonds is 9. The summed E-state index contributed by atoms with van der Waals surface area (Å²) in [6, 6.07) is 4.80. The van der Waals surface area contributed by atoms with Gasteiger partial charge in [0.25, 0.3) is 5.91 Å². The predicted octanol–water partition coefficient (Wildman–Crippen LogP) is 1.61. The smallest absolute Gasteiger partial charge is 0.409 e. The van der Waals surface area contributed by atoms with Crippen LogP contribution in [0.1, 0.15) is 48.5 Å². The van der Waals surface area contributed by atoms with Gasteiger partial charge < -0.3 is 20.3 Å². The molecule has 1 aliphatic heterocycles. The Balaban J connectivity index is 1.70. The summed E-state index contributed by atoms with van der Waals surface area (Å²) in [6.07, 6.45) is 2.83. The molecule has 1 aromatic rings. The van der Waals surface area contributed by atoms with Gasteiger partial charge in [-0.15, -0.1) is 0 Å². The molecular weight excluding hydrogens is 436 g/mol. The number of nitrogens with one attached hydrogen (secondary N) is 3. The van der Waals surface area contributed by atoms with Gasteiger partial charge in [0.2, 0.25) is 15.9 Å². The van der Waals surface area contributed by atoms with Gasteiger partial charge in [-0.1, -0.05) is 6.07 Å². The van der Waals surface area contributed by atoms with Crippen LogP contribution in [0.15, 0.2) is 18.2 Å². The summed E-state index contributed by atoms with van der Waals surface area (Å²) in [7, 11) is -3.45. The average Bonchev–Trinajstić information content (AvgIpc) is 2.72. The number of carbonyl (C=O) groups excluding carboxylic acids is 3. The summed E-state index contributed by atoms with van der Waals surface area (Å²) >= 11 is 0. The van der Waals surface area contributed by atoms with Crippen molar-refractivity contribution in [2.24, 2.45) is 0 Å². The molecule has 0 bridgehead atoms. The van der Waals surface area contributed by atoms with Crippen molar-refractivity contribution in [1.29, 1.82) is 0 Å². The average molecular weight is 469 g/mol. The Morgan fingerprint density at radius 1 is 1.19 bits per heavy atom. The minimum Gasteiger partial charge on any atom is -0.450 e. The highest BCUT2D eigenvalue weighted by Crippen LogP contribution is 2.18. The van der Waals surface area contributed by atoms with Crippen molar-refractivity contribution in [2.75, 3.05) is 37.2 Å². The summed E-state index contributed by atoms with van der Waals surface area (Å²) in [5.74, 6) is -0.433. The number of carbonyl (C=O) groups is 3. The van der Waals surface area contributed by atoms with E-state index in [1.54, 1.807) is 30.9 Å². The summed E-state index contributed by atoms with van der Waals surface area (Å²) in [5.41, 5.74) is 1.39. The van der Waals surface area contributed by atoms with E-state index in [9.17, 15) is 22.8 Å². The summed E-state index contributed by atoms with van der Waals surface area (Å²) in [6.45, 7) is 5.26. The van der Waals surface area contributed by atoms with Gasteiger partial charge >= 0.3 is 6.09 Å². The summed E-state index contributed by atoms with van der Waals surface area (Å²) in [5, 5.41) is 5.71. The minimum atomic E-state index is -3.45. The molecule has 0 unspecified atom stereocenters. The van der Waals surface area contributed by atoms with Crippen molar-refractivity contribution in [3.05, 3.63) is 29.3 Å². The summed E-state index contributed by atoms with van der Waals surface area (Å²) < 4.78 is 30.3. The molecule has 1 fully saturated rings. The first kappa shape index (κ1) is 25.4. The predicted molar refractivity (Wildman–Crippen MR) is 121 cm³/mol. The van der Waals surface area contributed by atoms with E-state index in [4.69, 9.17) is 4.74 Å². The highest BCUT2D eigenvalue weighted by atomic mass is 32.2. The van der Waals surface area contributed by atoms with Crippen molar-refractivity contribution < 1.29 is 27.5 Å². The third-order valence-corrected chi connectivity index (χ3v) is 5.64. The van der Waals surface area contributed by atoms with Crippen molar-refractivity contribution >= 4 is 33.6 Å². The van der Waals surface area contributed by atoms with Crippen LogP contribution in [0.5, 0.6) is 0 Å². The van der Waals surface area contributed by atoms with Gasteiger partial charge in [-0.25, -0.2) is 13.2 Å². The van der Waals surface area contributed by atoms with Crippen LogP contribution in [0.4, 0.5) is 10.5 Å². The molecule has 10 nitrogen and oxygen atoms in total. The van der Waals surface area contributed by atoms with Crippen molar-refractivity contribution in [1.82, 2.24) is 15.5 Å². The van der Waals surface area contributed by atoms with Crippen LogP contribution in [0.3, 0.4) is 0 Å². The fraction of sp³-hybridized carbons (Fsp3) is 0.571. The van der Waals surface area contributed by atoms with E-state index in [1.165, 1.54) is 6.07 Å². The molecule has 1 aliphatic rings. The van der Waals surface area contributed by atoms with Crippen LogP contribution in [-0.2, 0) is 19.6 Å². The van der Waals surface area contributed by atoms with Crippen molar-refractivity contribution in [3.63, 3.8) is 0 Å². The molecule has 0 aromatic heterocycles. The van der Waals surface area contributed by atoms with E-state index < -0.39 is 10.0 Å². The normalized spacial score (nSPS) is 14.5. The van der Waals surface area contributed by atoms with Crippen LogP contribution in [0.2, 0.25) is 0 Å². The highest BCUT2D eigenvalue weighted by Gasteiger charge is 2.24. The number of likely N-dealkylation sites (tertiary alicyclic amines) is 1. The largest absolute Gasteiger partial charge is 0.450 e. The molecule has 3 amide bonds. The van der Waals surface area contributed by atoms with E-state index in [2.05, 4.69) is 15.4 Å². The van der Waals surface area contributed by atoms with Crippen LogP contribution >= 0.6 is 0 Å². The number of amides is 3. The second kappa shape index (κ2) is 11.7. The molecule has 1 saturated heterocycles. The van der Waals surface area contributed by atoms with Crippen molar-refractivity contribution in [3.8, 4) is 0 Å². The molecule has 3 N–H and O–H groups in total. The Hall–Kier alpha value is -2.82. The van der Waals surface area contributed by atoms with E-state index >= 15 is 0 Å². The maximum Gasteiger partial charge on any atom is 0.409 e. The van der Waals surface area contributed by atoms with Gasteiger partial charge in [0, 0.05) is 37.7 Å². The van der Waals surface area contributed by atoms with Gasteiger partial charge in [-0.2, -0.15) is 0 Å². The zero-order valence-electron chi connectivity index (χ0n) is 18.8. The maximum absolute atomic E-state index is 12.3. The number of nitrogens with zero attached hydrogens (tertiary/aromatic N) is 1. The molecule has 2 rings (SSSR count). The Kier molecular flexibility index (Phi) is 9.30. The van der Waals surface area contributed by atoms with E-state index in [0.29, 0.717) is 62.3 Å². The fourth-order valence-electron chi connectivity index (χ4n) is 3.35. The zero-order valence-corrected chi connectivity index (χ0v) is 19.6. The van der Waals surface area contributed by atoms with Gasteiger partial charge in [0.1, 0.15) is 0 Å². The van der Waals surface area contributed by atoms with Crippen LogP contribution in [0.25, 0.3) is 0 Å². The lowest BCUT2D eigenvalue weighted by Gasteiger charge is -2.31. The molecule has 0 saturated carbocycles. The number of sulfonamides is 1. The number of hydrogen-bond acceptors (Lipinski definition) is 6. The highest BCUT2D eigenvalue weighted by molar-refractivity contribution is 7.92. The van der Waals surface area contributed by atoms with E-state index in [0.717, 1.165) is 6.26 Å². The van der Waals surface area contributed by atoms with Crippen LogP contribution < -0.4 is 15.4 Å². The monoisotopic (exact) mass is 468 g/mol. The Bertz CT molecular complexity index is 926. The van der Waals surface area contributed by atoms with Gasteiger partial charge in [0.15, 0.2) is 0 Å². The first-order chi connectivity index (χ1) is 15.1. The number of hydrogen-bond donors (Lipinski definition) is 3. The topological polar surface area (TPSA) is 134 Å². The lowest BCUT2D eigenvalue weighted by Crippen LogP contribution is -2.46. The number of anilines is 1. The molecule has 0 spiro atoms. The van der Waals surface area contributed by atoms with E-state index in [1.807, 2.05) is 0 Å². The van der Waals surface area contributed by atoms with Crippen LogP contribution in [-0.4, -0.2) is 69.8 Å². The molecule has 178 valence electrons. The van der Waals surface area contributed by atoms with Crippen molar-refractivity contribution in [2.45, 2.75) is 45.6 Å². The second-order valence-electron chi connectivity index (χ2n) is 7.79. The molecule has 0 aliphatic carbocycles. The summed E-state index contributed by atoms with van der Waals surface area (Å²) in [4.78, 5) is 37.9. The van der Waals surface area contributed by atoms with E-state index in [-0.39, 0.29) is 30.4 Å². The molecule has 1 aromatic carbocycles. The van der Waals surface area contributed by atoms with Crippen LogP contribution in [0, 0.1) is 6.92 Å². The quantitative estimate of drug-likeness (QED) is 0.472. The molecule has 0 radical (unpaired) electrons. The fourth-order valence-corrected chi connectivity index (χ4v) is 3.97. The molecule has 11 heteroatoms. The standard InChI is InChI=1S/C21H32N4O6S/c1-4-31-21(28)25-12-9-17(10-13-25)23-19(26)6-5-11-22-20(27)16-8-7-15(2)18(14-16)24-32(3,29)30/h7-8,14,17,24H,4-6,9-13H2,1-3H3,(H,22,27)(H,23,26). The van der Waals surface area contributed by atoms with Gasteiger partial charge in [-0.05, 0) is 50.8 Å². The molecule has 0 atom stereocenters. The lowest BCUT2D eigenvalue weighted by molar-refractivity contribution is -0.122. The molecule has 1 heterocycles. The minimum absolute atomic E-state index is 0.0242. The van der Waals surface area contributed by atoms with Gasteiger partial charge in [-0.3, -0.25) is 14.3 Å². The second-order valence-corrected chi connectivity index (χ2v) is 9.54. The number of benzene rings is 1. The molecular formula is C21H32N4O6S. The number of ether oxygens (including phenoxy) is 1. The van der Waals surface area contributed by atoms with Gasteiger partial charge in [0.05, 0.1) is 18.6 Å². The number of piperidine rings is 1. The first-order valence-corrected chi connectivity index (χ1v) is 12.6. The Labute approximate surface area is 189 Å². The zero-order chi connectivity index (χ0) is 23.7. The Morgan fingerprint density at radius 3 is 2.50 bits per heavy atom. The lowest BCUT2D eigenvalue weighted by atomic mass is 10.1. The number of aryl methyl sites for hydroxylation is 1. The third kappa shape index (κ3) is 8.37. The molecule has 32 heavy (non-hydrogen) atoms. The maximum atomic E-state index is 12.3.